The van der Waals surface area contributed by atoms with Gasteiger partial charge in [0.15, 0.2) is 0 Å². The summed E-state index contributed by atoms with van der Waals surface area (Å²) in [6.45, 7) is 3.77. The minimum atomic E-state index is -0.165. The molecule has 1 aliphatic rings. The van der Waals surface area contributed by atoms with Crippen LogP contribution >= 0.6 is 0 Å². The molecule has 0 aromatic heterocycles. The molecule has 1 saturated heterocycles. The van der Waals surface area contributed by atoms with E-state index in [1.165, 1.54) is 5.69 Å². The van der Waals surface area contributed by atoms with E-state index in [4.69, 9.17) is 11.5 Å². The van der Waals surface area contributed by atoms with Crippen LogP contribution < -0.4 is 16.4 Å². The Morgan fingerprint density at radius 1 is 1.28 bits per heavy atom. The number of rotatable bonds is 3. The Morgan fingerprint density at radius 2 is 1.83 bits per heavy atom. The maximum Gasteiger partial charge on any atom is 0.220 e. The molecule has 1 atom stereocenters. The van der Waals surface area contributed by atoms with Crippen molar-refractivity contribution in [2.75, 3.05) is 18.0 Å². The zero-order valence-corrected chi connectivity index (χ0v) is 10.8. The van der Waals surface area contributed by atoms with Crippen molar-refractivity contribution in [1.82, 2.24) is 0 Å². The Bertz CT molecular complexity index is 406. The number of piperidine rings is 1. The minimum Gasteiger partial charge on any atom is -0.371 e. The molecular formula is C14H21N3O. The quantitative estimate of drug-likeness (QED) is 0.848. The maximum absolute atomic E-state index is 11.1. The number of benzene rings is 1. The Morgan fingerprint density at radius 3 is 2.28 bits per heavy atom. The number of nitrogens with zero attached hydrogens (tertiary/aromatic N) is 1. The van der Waals surface area contributed by atoms with Gasteiger partial charge in [0.2, 0.25) is 5.91 Å². The summed E-state index contributed by atoms with van der Waals surface area (Å²) >= 11 is 0. The van der Waals surface area contributed by atoms with Crippen molar-refractivity contribution in [2.24, 2.45) is 17.4 Å². The van der Waals surface area contributed by atoms with Crippen LogP contribution in [-0.4, -0.2) is 19.0 Å². The topological polar surface area (TPSA) is 72.3 Å². The molecule has 0 bridgehead atoms. The standard InChI is InChI=1S/C14H21N3O/c1-10(15)11-2-4-13(5-3-11)17-8-6-12(7-9-17)14(16)18/h2-5,10,12H,6-9,15H2,1H3,(H2,16,18)/t10-/m0/s1. The highest BCUT2D eigenvalue weighted by molar-refractivity contribution is 5.77. The van der Waals surface area contributed by atoms with Crippen molar-refractivity contribution < 1.29 is 4.79 Å². The lowest BCUT2D eigenvalue weighted by atomic mass is 9.96. The predicted octanol–water partition coefficient (Wildman–Crippen LogP) is 1.41. The van der Waals surface area contributed by atoms with Gasteiger partial charge in [-0.25, -0.2) is 0 Å². The third-order valence-electron chi connectivity index (χ3n) is 3.68. The van der Waals surface area contributed by atoms with Crippen molar-refractivity contribution in [1.29, 1.82) is 0 Å². The molecule has 0 unspecified atom stereocenters. The number of primary amides is 1. The number of anilines is 1. The molecule has 98 valence electrons. The lowest BCUT2D eigenvalue weighted by Crippen LogP contribution is -2.38. The second-order valence-electron chi connectivity index (χ2n) is 5.04. The van der Waals surface area contributed by atoms with Gasteiger partial charge in [-0.05, 0) is 37.5 Å². The van der Waals surface area contributed by atoms with E-state index in [1.54, 1.807) is 0 Å². The van der Waals surface area contributed by atoms with E-state index < -0.39 is 0 Å². The van der Waals surface area contributed by atoms with E-state index in [1.807, 2.05) is 6.92 Å². The Kier molecular flexibility index (Phi) is 3.87. The first-order chi connectivity index (χ1) is 8.58. The first kappa shape index (κ1) is 12.9. The summed E-state index contributed by atoms with van der Waals surface area (Å²) in [6, 6.07) is 8.41. The average Bonchev–Trinajstić information content (AvgIpc) is 2.39. The van der Waals surface area contributed by atoms with Gasteiger partial charge in [0.25, 0.3) is 0 Å². The van der Waals surface area contributed by atoms with E-state index in [9.17, 15) is 4.79 Å². The van der Waals surface area contributed by atoms with Crippen molar-refractivity contribution >= 4 is 11.6 Å². The largest absolute Gasteiger partial charge is 0.371 e. The molecule has 1 heterocycles. The van der Waals surface area contributed by atoms with Gasteiger partial charge >= 0.3 is 0 Å². The first-order valence-electron chi connectivity index (χ1n) is 6.47. The number of hydrogen-bond donors (Lipinski definition) is 2. The Balaban J connectivity index is 1.99. The molecule has 0 spiro atoms. The third-order valence-corrected chi connectivity index (χ3v) is 3.68. The third kappa shape index (κ3) is 2.82. The summed E-state index contributed by atoms with van der Waals surface area (Å²) in [5.41, 5.74) is 13.5. The molecule has 4 heteroatoms. The van der Waals surface area contributed by atoms with Gasteiger partial charge < -0.3 is 16.4 Å². The molecule has 18 heavy (non-hydrogen) atoms. The van der Waals surface area contributed by atoms with Crippen LogP contribution in [0.2, 0.25) is 0 Å². The smallest absolute Gasteiger partial charge is 0.220 e. The predicted molar refractivity (Wildman–Crippen MR) is 73.2 cm³/mol. The number of amides is 1. The van der Waals surface area contributed by atoms with E-state index in [-0.39, 0.29) is 17.9 Å². The summed E-state index contributed by atoms with van der Waals surface area (Å²) < 4.78 is 0. The van der Waals surface area contributed by atoms with Crippen LogP contribution in [-0.2, 0) is 4.79 Å². The lowest BCUT2D eigenvalue weighted by Gasteiger charge is -2.32. The molecule has 4 nitrogen and oxygen atoms in total. The lowest BCUT2D eigenvalue weighted by molar-refractivity contribution is -0.122. The molecule has 1 aromatic rings. The summed E-state index contributed by atoms with van der Waals surface area (Å²) in [4.78, 5) is 13.4. The number of nitrogens with two attached hydrogens (primary N) is 2. The van der Waals surface area contributed by atoms with Gasteiger partial charge in [-0.3, -0.25) is 4.79 Å². The highest BCUT2D eigenvalue weighted by atomic mass is 16.1. The highest BCUT2D eigenvalue weighted by Crippen LogP contribution is 2.24. The zero-order valence-electron chi connectivity index (χ0n) is 10.8. The molecule has 1 amide bonds. The average molecular weight is 247 g/mol. The summed E-state index contributed by atoms with van der Waals surface area (Å²) in [5, 5.41) is 0. The van der Waals surface area contributed by atoms with Gasteiger partial charge in [-0.2, -0.15) is 0 Å². The van der Waals surface area contributed by atoms with Crippen molar-refractivity contribution in [3.05, 3.63) is 29.8 Å². The molecule has 2 rings (SSSR count). The highest BCUT2D eigenvalue weighted by Gasteiger charge is 2.23. The zero-order chi connectivity index (χ0) is 13.1. The fraction of sp³-hybridized carbons (Fsp3) is 0.500. The Labute approximate surface area is 108 Å². The molecule has 0 aliphatic carbocycles. The van der Waals surface area contributed by atoms with Crippen molar-refractivity contribution in [3.8, 4) is 0 Å². The number of hydrogen-bond acceptors (Lipinski definition) is 3. The molecular weight excluding hydrogens is 226 g/mol. The second-order valence-corrected chi connectivity index (χ2v) is 5.04. The normalized spacial score (nSPS) is 18.7. The molecule has 4 N–H and O–H groups in total. The number of carbonyl (C=O) groups excluding carboxylic acids is 1. The van der Waals surface area contributed by atoms with Gasteiger partial charge in [0.1, 0.15) is 0 Å². The Hall–Kier alpha value is -1.55. The fourth-order valence-corrected chi connectivity index (χ4v) is 2.41. The monoisotopic (exact) mass is 247 g/mol. The van der Waals surface area contributed by atoms with Crippen LogP contribution in [0.3, 0.4) is 0 Å². The summed E-state index contributed by atoms with van der Waals surface area (Å²) in [7, 11) is 0. The van der Waals surface area contributed by atoms with Crippen LogP contribution in [0.15, 0.2) is 24.3 Å². The number of carbonyl (C=O) groups is 1. The SMILES string of the molecule is C[C@H](N)c1ccc(N2CCC(C(N)=O)CC2)cc1. The molecule has 1 fully saturated rings. The van der Waals surface area contributed by atoms with E-state index in [0.717, 1.165) is 31.5 Å². The molecule has 0 saturated carbocycles. The van der Waals surface area contributed by atoms with Crippen LogP contribution in [0.4, 0.5) is 5.69 Å². The van der Waals surface area contributed by atoms with Crippen LogP contribution in [0.5, 0.6) is 0 Å². The summed E-state index contributed by atoms with van der Waals surface area (Å²) in [5.74, 6) is -0.119. The minimum absolute atomic E-state index is 0.0459. The molecule has 1 aromatic carbocycles. The first-order valence-corrected chi connectivity index (χ1v) is 6.47. The van der Waals surface area contributed by atoms with E-state index in [2.05, 4.69) is 29.2 Å². The van der Waals surface area contributed by atoms with Gasteiger partial charge in [0, 0.05) is 30.7 Å². The van der Waals surface area contributed by atoms with Gasteiger partial charge in [-0.1, -0.05) is 12.1 Å². The van der Waals surface area contributed by atoms with Crippen LogP contribution in [0.1, 0.15) is 31.4 Å². The summed E-state index contributed by atoms with van der Waals surface area (Å²) in [6.07, 6.45) is 1.70. The van der Waals surface area contributed by atoms with Gasteiger partial charge in [-0.15, -0.1) is 0 Å². The molecule has 0 radical (unpaired) electrons. The molecule has 1 aliphatic heterocycles. The van der Waals surface area contributed by atoms with Crippen molar-refractivity contribution in [3.63, 3.8) is 0 Å². The van der Waals surface area contributed by atoms with Crippen LogP contribution in [0, 0.1) is 5.92 Å². The van der Waals surface area contributed by atoms with Crippen molar-refractivity contribution in [2.45, 2.75) is 25.8 Å². The van der Waals surface area contributed by atoms with Crippen LogP contribution in [0.25, 0.3) is 0 Å². The second kappa shape index (κ2) is 5.40. The van der Waals surface area contributed by atoms with E-state index in [0.29, 0.717) is 0 Å². The maximum atomic E-state index is 11.1. The van der Waals surface area contributed by atoms with E-state index >= 15 is 0 Å². The fourth-order valence-electron chi connectivity index (χ4n) is 2.41. The van der Waals surface area contributed by atoms with Gasteiger partial charge in [0.05, 0.1) is 0 Å².